The fourth-order valence-electron chi connectivity index (χ4n) is 1.50. The van der Waals surface area contributed by atoms with E-state index in [9.17, 15) is 22.0 Å². The number of hydrogen-bond donors (Lipinski definition) is 2. The van der Waals surface area contributed by atoms with E-state index in [2.05, 4.69) is 5.32 Å². The molecule has 1 unspecified atom stereocenters. The van der Waals surface area contributed by atoms with Gasteiger partial charge in [0.05, 0.1) is 6.04 Å². The molecule has 0 aliphatic rings. The Morgan fingerprint density at radius 1 is 1.39 bits per heavy atom. The number of carbonyl (C=O) groups excluding carboxylic acids is 1. The van der Waals surface area contributed by atoms with Crippen LogP contribution < -0.4 is 5.32 Å². The summed E-state index contributed by atoms with van der Waals surface area (Å²) in [6.45, 7) is 1.07. The predicted octanol–water partition coefficient (Wildman–Crippen LogP) is 1.03. The van der Waals surface area contributed by atoms with Crippen molar-refractivity contribution >= 4 is 16.0 Å². The zero-order chi connectivity index (χ0) is 13.9. The second-order valence-electron chi connectivity index (χ2n) is 3.64. The Morgan fingerprint density at radius 2 is 1.89 bits per heavy atom. The van der Waals surface area contributed by atoms with E-state index < -0.39 is 45.0 Å². The number of benzene rings is 1. The molecule has 0 bridgehead atoms. The van der Waals surface area contributed by atoms with Gasteiger partial charge in [-0.15, -0.1) is 0 Å². The van der Waals surface area contributed by atoms with Crippen molar-refractivity contribution in [3.63, 3.8) is 0 Å². The molecular weight excluding hydrogens is 268 g/mol. The second kappa shape index (κ2) is 5.40. The summed E-state index contributed by atoms with van der Waals surface area (Å²) in [4.78, 5) is 10.9. The van der Waals surface area contributed by atoms with Crippen molar-refractivity contribution in [1.82, 2.24) is 5.32 Å². The maximum Gasteiger partial charge on any atom is 0.267 e. The Labute approximate surface area is 103 Å². The van der Waals surface area contributed by atoms with E-state index in [0.717, 1.165) is 25.1 Å². The summed E-state index contributed by atoms with van der Waals surface area (Å²) in [5, 5.41) is 2.08. The van der Waals surface area contributed by atoms with Crippen molar-refractivity contribution in [2.45, 2.75) is 13.0 Å². The quantitative estimate of drug-likeness (QED) is 0.806. The highest BCUT2D eigenvalue weighted by molar-refractivity contribution is 7.85. The lowest BCUT2D eigenvalue weighted by atomic mass is 10.1. The van der Waals surface area contributed by atoms with Crippen LogP contribution in [0.25, 0.3) is 0 Å². The van der Waals surface area contributed by atoms with Gasteiger partial charge in [-0.25, -0.2) is 8.78 Å². The lowest BCUT2D eigenvalue weighted by molar-refractivity contribution is -0.119. The third-order valence-corrected chi connectivity index (χ3v) is 2.86. The van der Waals surface area contributed by atoms with Crippen molar-refractivity contribution in [2.75, 3.05) is 5.75 Å². The van der Waals surface area contributed by atoms with E-state index in [4.69, 9.17) is 4.55 Å². The van der Waals surface area contributed by atoms with Gasteiger partial charge in [0.15, 0.2) is 0 Å². The summed E-state index contributed by atoms with van der Waals surface area (Å²) in [5.74, 6) is -3.69. The van der Waals surface area contributed by atoms with Crippen molar-refractivity contribution in [2.24, 2.45) is 0 Å². The summed E-state index contributed by atoms with van der Waals surface area (Å²) in [5.41, 5.74) is -0.606. The zero-order valence-electron chi connectivity index (χ0n) is 9.35. The minimum absolute atomic E-state index is 0.606. The standard InChI is InChI=1S/C10H11F2NO4S/c1-6(14)13-9(5-18(15,16)17)10-7(11)3-2-4-8(10)12/h2-4,9H,5H2,1H3,(H,13,14)(H,15,16,17). The number of hydrogen-bond acceptors (Lipinski definition) is 3. The van der Waals surface area contributed by atoms with Crippen LogP contribution in [0.4, 0.5) is 8.78 Å². The molecule has 1 aromatic carbocycles. The highest BCUT2D eigenvalue weighted by Crippen LogP contribution is 2.22. The first-order valence-electron chi connectivity index (χ1n) is 4.87. The fourth-order valence-corrected chi connectivity index (χ4v) is 2.17. The van der Waals surface area contributed by atoms with Gasteiger partial charge >= 0.3 is 0 Å². The van der Waals surface area contributed by atoms with Gasteiger partial charge in [0.2, 0.25) is 5.91 Å². The number of rotatable bonds is 4. The zero-order valence-corrected chi connectivity index (χ0v) is 10.2. The van der Waals surface area contributed by atoms with E-state index in [1.54, 1.807) is 0 Å². The highest BCUT2D eigenvalue weighted by atomic mass is 32.2. The van der Waals surface area contributed by atoms with E-state index in [1.165, 1.54) is 0 Å². The number of amides is 1. The normalized spacial score (nSPS) is 13.1. The van der Waals surface area contributed by atoms with Crippen LogP contribution in [0.1, 0.15) is 18.5 Å². The Balaban J connectivity index is 3.21. The fraction of sp³-hybridized carbons (Fsp3) is 0.300. The Morgan fingerprint density at radius 3 is 2.28 bits per heavy atom. The van der Waals surface area contributed by atoms with Gasteiger partial charge in [0.1, 0.15) is 17.4 Å². The SMILES string of the molecule is CC(=O)NC(CS(=O)(=O)O)c1c(F)cccc1F. The van der Waals surface area contributed by atoms with Gasteiger partial charge in [-0.3, -0.25) is 9.35 Å². The third kappa shape index (κ3) is 4.04. The molecular formula is C10H11F2NO4S. The molecule has 1 atom stereocenters. The lowest BCUT2D eigenvalue weighted by Gasteiger charge is -2.18. The number of carbonyl (C=O) groups is 1. The molecule has 0 saturated heterocycles. The second-order valence-corrected chi connectivity index (χ2v) is 5.13. The van der Waals surface area contributed by atoms with Crippen LogP contribution in [0.15, 0.2) is 18.2 Å². The molecule has 2 N–H and O–H groups in total. The molecule has 0 spiro atoms. The first-order chi connectivity index (χ1) is 8.20. The van der Waals surface area contributed by atoms with Gasteiger partial charge in [-0.2, -0.15) is 8.42 Å². The highest BCUT2D eigenvalue weighted by Gasteiger charge is 2.25. The summed E-state index contributed by atoms with van der Waals surface area (Å²) in [7, 11) is -4.50. The lowest BCUT2D eigenvalue weighted by Crippen LogP contribution is -2.32. The smallest absolute Gasteiger partial charge is 0.267 e. The van der Waals surface area contributed by atoms with Gasteiger partial charge in [0, 0.05) is 12.5 Å². The van der Waals surface area contributed by atoms with Crippen molar-refractivity contribution < 1.29 is 26.5 Å². The molecule has 1 amide bonds. The minimum atomic E-state index is -4.50. The van der Waals surface area contributed by atoms with Crippen LogP contribution in [0, 0.1) is 11.6 Å². The summed E-state index contributed by atoms with van der Waals surface area (Å²) < 4.78 is 57.2. The van der Waals surface area contributed by atoms with Crippen molar-refractivity contribution in [3.05, 3.63) is 35.4 Å². The van der Waals surface area contributed by atoms with Crippen LogP contribution in [0.2, 0.25) is 0 Å². The molecule has 100 valence electrons. The van der Waals surface area contributed by atoms with Crippen LogP contribution >= 0.6 is 0 Å². The van der Waals surface area contributed by atoms with Gasteiger partial charge < -0.3 is 5.32 Å². The van der Waals surface area contributed by atoms with Gasteiger partial charge in [-0.05, 0) is 12.1 Å². The molecule has 1 rings (SSSR count). The van der Waals surface area contributed by atoms with E-state index in [-0.39, 0.29) is 0 Å². The topological polar surface area (TPSA) is 83.5 Å². The summed E-state index contributed by atoms with van der Waals surface area (Å²) >= 11 is 0. The average Bonchev–Trinajstić information content (AvgIpc) is 2.13. The Kier molecular flexibility index (Phi) is 4.36. The van der Waals surface area contributed by atoms with Crippen LogP contribution in [0.5, 0.6) is 0 Å². The molecule has 0 aliphatic heterocycles. The monoisotopic (exact) mass is 279 g/mol. The minimum Gasteiger partial charge on any atom is -0.348 e. The molecule has 1 aromatic rings. The molecule has 0 fully saturated rings. The van der Waals surface area contributed by atoms with E-state index in [0.29, 0.717) is 0 Å². The Bertz CT molecular complexity index is 539. The van der Waals surface area contributed by atoms with Gasteiger partial charge in [-0.1, -0.05) is 6.07 Å². The molecule has 0 heterocycles. The van der Waals surface area contributed by atoms with Gasteiger partial charge in [0.25, 0.3) is 10.1 Å². The van der Waals surface area contributed by atoms with Crippen molar-refractivity contribution in [3.8, 4) is 0 Å². The molecule has 5 nitrogen and oxygen atoms in total. The summed E-state index contributed by atoms with van der Waals surface area (Å²) in [6, 6.07) is 1.47. The number of halogens is 2. The maximum atomic E-state index is 13.5. The Hall–Kier alpha value is -1.54. The molecule has 0 aromatic heterocycles. The molecule has 0 aliphatic carbocycles. The van der Waals surface area contributed by atoms with Crippen LogP contribution in [0.3, 0.4) is 0 Å². The largest absolute Gasteiger partial charge is 0.348 e. The van der Waals surface area contributed by atoms with Crippen LogP contribution in [-0.2, 0) is 14.9 Å². The predicted molar refractivity (Wildman–Crippen MR) is 59.3 cm³/mol. The van der Waals surface area contributed by atoms with Crippen molar-refractivity contribution in [1.29, 1.82) is 0 Å². The van der Waals surface area contributed by atoms with E-state index >= 15 is 0 Å². The molecule has 0 saturated carbocycles. The summed E-state index contributed by atoms with van der Waals surface area (Å²) in [6.07, 6.45) is 0. The van der Waals surface area contributed by atoms with Crippen LogP contribution in [-0.4, -0.2) is 24.6 Å². The van der Waals surface area contributed by atoms with E-state index in [1.807, 2.05) is 0 Å². The number of nitrogens with one attached hydrogen (secondary N) is 1. The molecule has 0 radical (unpaired) electrons. The first-order valence-corrected chi connectivity index (χ1v) is 6.48. The molecule has 18 heavy (non-hydrogen) atoms. The average molecular weight is 279 g/mol. The first kappa shape index (κ1) is 14.5. The maximum absolute atomic E-state index is 13.5. The third-order valence-electron chi connectivity index (χ3n) is 2.10. The molecule has 8 heteroatoms.